The topological polar surface area (TPSA) is 41.5 Å². The van der Waals surface area contributed by atoms with E-state index in [-0.39, 0.29) is 0 Å². The average molecular weight is 269 g/mol. The molecule has 0 aliphatic carbocycles. The number of ether oxygens (including phenoxy) is 1. The summed E-state index contributed by atoms with van der Waals surface area (Å²) < 4.78 is 5.68. The van der Waals surface area contributed by atoms with Crippen molar-refractivity contribution in [3.63, 3.8) is 0 Å². The summed E-state index contributed by atoms with van der Waals surface area (Å²) in [6.07, 6.45) is 1.58. The highest BCUT2D eigenvalue weighted by atomic mass is 35.5. The summed E-state index contributed by atoms with van der Waals surface area (Å²) in [4.78, 5) is 13.3. The van der Waals surface area contributed by atoms with Crippen molar-refractivity contribution in [1.82, 2.24) is 14.9 Å². The van der Waals surface area contributed by atoms with Crippen molar-refractivity contribution in [3.8, 4) is 5.88 Å². The Balaban J connectivity index is 1.84. The van der Waals surface area contributed by atoms with Gasteiger partial charge in [0, 0.05) is 25.7 Å². The van der Waals surface area contributed by atoms with Crippen molar-refractivity contribution < 1.29 is 4.74 Å². The van der Waals surface area contributed by atoms with Crippen LogP contribution >= 0.6 is 11.6 Å². The molecule has 2 aliphatic heterocycles. The number of halogens is 1. The van der Waals surface area contributed by atoms with Crippen molar-refractivity contribution >= 4 is 17.4 Å². The second-order valence-electron chi connectivity index (χ2n) is 5.07. The molecule has 0 bridgehead atoms. The van der Waals surface area contributed by atoms with Gasteiger partial charge in [-0.3, -0.25) is 4.90 Å². The molecule has 3 heterocycles. The van der Waals surface area contributed by atoms with E-state index in [0.29, 0.717) is 29.7 Å². The lowest BCUT2D eigenvalue weighted by Crippen LogP contribution is -2.58. The van der Waals surface area contributed by atoms with Gasteiger partial charge in [0.1, 0.15) is 6.61 Å². The van der Waals surface area contributed by atoms with E-state index in [0.717, 1.165) is 25.5 Å². The average Bonchev–Trinajstić information content (AvgIpc) is 2.37. The Kier molecular flexibility index (Phi) is 3.03. The molecule has 3 rings (SSSR count). The highest BCUT2D eigenvalue weighted by Crippen LogP contribution is 2.32. The molecule has 1 aromatic rings. The monoisotopic (exact) mass is 268 g/mol. The maximum Gasteiger partial charge on any atom is 0.259 e. The maximum atomic E-state index is 5.84. The number of anilines is 1. The molecule has 0 saturated carbocycles. The third kappa shape index (κ3) is 2.01. The van der Waals surface area contributed by atoms with Gasteiger partial charge >= 0.3 is 0 Å². The first kappa shape index (κ1) is 12.0. The Morgan fingerprint density at radius 3 is 3.06 bits per heavy atom. The minimum absolute atomic E-state index is 0.365. The van der Waals surface area contributed by atoms with Crippen molar-refractivity contribution in [3.05, 3.63) is 11.3 Å². The molecule has 1 aromatic heterocycles. The highest BCUT2D eigenvalue weighted by molar-refractivity contribution is 6.29. The molecule has 1 saturated heterocycles. The molecule has 0 radical (unpaired) electrons. The first-order valence-corrected chi connectivity index (χ1v) is 6.69. The van der Waals surface area contributed by atoms with Gasteiger partial charge in [0.15, 0.2) is 11.0 Å². The lowest BCUT2D eigenvalue weighted by atomic mass is 10.1. The fourth-order valence-electron chi connectivity index (χ4n) is 2.58. The van der Waals surface area contributed by atoms with Gasteiger partial charge in [0.2, 0.25) is 0 Å². The smallest absolute Gasteiger partial charge is 0.259 e. The van der Waals surface area contributed by atoms with Gasteiger partial charge in [-0.15, -0.1) is 0 Å². The molecule has 0 N–H and O–H groups in total. The van der Waals surface area contributed by atoms with Gasteiger partial charge in [0.05, 0.1) is 12.2 Å². The summed E-state index contributed by atoms with van der Waals surface area (Å²) in [6, 6.07) is 0.939. The van der Waals surface area contributed by atoms with Crippen molar-refractivity contribution in [1.29, 1.82) is 0 Å². The number of nitrogens with zero attached hydrogens (tertiary/aromatic N) is 4. The summed E-state index contributed by atoms with van der Waals surface area (Å²) in [5.41, 5.74) is 0. The molecule has 1 fully saturated rings. The number of hydrogen-bond acceptors (Lipinski definition) is 5. The van der Waals surface area contributed by atoms with Gasteiger partial charge < -0.3 is 9.64 Å². The lowest BCUT2D eigenvalue weighted by molar-refractivity contribution is 0.138. The quantitative estimate of drug-likeness (QED) is 0.771. The molecular weight excluding hydrogens is 252 g/mol. The molecule has 6 heteroatoms. The third-order valence-corrected chi connectivity index (χ3v) is 3.80. The number of fused-ring (bicyclic) bond motifs is 3. The molecule has 1 atom stereocenters. The summed E-state index contributed by atoms with van der Waals surface area (Å²) in [5, 5.41) is 0.382. The SMILES string of the molecule is CC(C)N1CCN2c3ncc(Cl)nc3OCC2C1. The number of piperazine rings is 1. The Bertz CT molecular complexity index is 454. The Hall–Kier alpha value is -1.07. The number of aromatic nitrogens is 2. The number of hydrogen-bond donors (Lipinski definition) is 0. The Morgan fingerprint density at radius 1 is 1.44 bits per heavy atom. The molecule has 5 nitrogen and oxygen atoms in total. The summed E-state index contributed by atoms with van der Waals surface area (Å²) in [6.45, 7) is 8.15. The molecule has 98 valence electrons. The Morgan fingerprint density at radius 2 is 2.28 bits per heavy atom. The van der Waals surface area contributed by atoms with Crippen molar-refractivity contribution in [2.45, 2.75) is 25.9 Å². The van der Waals surface area contributed by atoms with Crippen LogP contribution in [0.2, 0.25) is 5.15 Å². The fourth-order valence-corrected chi connectivity index (χ4v) is 2.71. The van der Waals surface area contributed by atoms with Crippen LogP contribution < -0.4 is 9.64 Å². The van der Waals surface area contributed by atoms with E-state index in [2.05, 4.69) is 33.6 Å². The maximum absolute atomic E-state index is 5.84. The molecule has 1 unspecified atom stereocenters. The van der Waals surface area contributed by atoms with E-state index in [1.165, 1.54) is 0 Å². The minimum Gasteiger partial charge on any atom is -0.473 e. The van der Waals surface area contributed by atoms with Crippen LogP contribution in [0.3, 0.4) is 0 Å². The summed E-state index contributed by atoms with van der Waals surface area (Å²) in [7, 11) is 0. The molecule has 0 aromatic carbocycles. The molecule has 0 amide bonds. The minimum atomic E-state index is 0.365. The van der Waals surface area contributed by atoms with E-state index in [9.17, 15) is 0 Å². The summed E-state index contributed by atoms with van der Waals surface area (Å²) in [5.74, 6) is 1.40. The van der Waals surface area contributed by atoms with Crippen LogP contribution in [0.25, 0.3) is 0 Å². The van der Waals surface area contributed by atoms with Gasteiger partial charge in [-0.1, -0.05) is 11.6 Å². The van der Waals surface area contributed by atoms with E-state index >= 15 is 0 Å². The lowest BCUT2D eigenvalue weighted by Gasteiger charge is -2.45. The van der Waals surface area contributed by atoms with E-state index in [1.54, 1.807) is 6.20 Å². The third-order valence-electron chi connectivity index (χ3n) is 3.62. The predicted molar refractivity (Wildman–Crippen MR) is 70.4 cm³/mol. The second-order valence-corrected chi connectivity index (χ2v) is 5.46. The fraction of sp³-hybridized carbons (Fsp3) is 0.667. The Labute approximate surface area is 112 Å². The van der Waals surface area contributed by atoms with Crippen LogP contribution in [0.15, 0.2) is 6.20 Å². The van der Waals surface area contributed by atoms with Crippen LogP contribution in [0.4, 0.5) is 5.82 Å². The van der Waals surface area contributed by atoms with Gasteiger partial charge in [0.25, 0.3) is 5.88 Å². The van der Waals surface area contributed by atoms with Crippen molar-refractivity contribution in [2.24, 2.45) is 0 Å². The van der Waals surface area contributed by atoms with Crippen LogP contribution in [-0.4, -0.2) is 53.2 Å². The number of rotatable bonds is 1. The van der Waals surface area contributed by atoms with E-state index in [1.807, 2.05) is 0 Å². The summed E-state index contributed by atoms with van der Waals surface area (Å²) >= 11 is 5.84. The molecular formula is C12H17ClN4O. The molecule has 2 aliphatic rings. The van der Waals surface area contributed by atoms with E-state index < -0.39 is 0 Å². The normalized spacial score (nSPS) is 23.6. The van der Waals surface area contributed by atoms with Gasteiger partial charge in [-0.2, -0.15) is 4.98 Å². The van der Waals surface area contributed by atoms with Crippen LogP contribution in [0, 0.1) is 0 Å². The van der Waals surface area contributed by atoms with Gasteiger partial charge in [-0.05, 0) is 13.8 Å². The first-order chi connectivity index (χ1) is 8.65. The highest BCUT2D eigenvalue weighted by Gasteiger charge is 2.35. The standard InChI is InChI=1S/C12H17ClN4O/c1-8(2)16-3-4-17-9(6-16)7-18-12-11(17)14-5-10(13)15-12/h5,8-9H,3-4,6-7H2,1-2H3. The van der Waals surface area contributed by atoms with Gasteiger partial charge in [-0.25, -0.2) is 4.98 Å². The zero-order chi connectivity index (χ0) is 12.7. The predicted octanol–water partition coefficient (Wildman–Crippen LogP) is 1.42. The first-order valence-electron chi connectivity index (χ1n) is 6.31. The van der Waals surface area contributed by atoms with Crippen molar-refractivity contribution in [2.75, 3.05) is 31.1 Å². The van der Waals surface area contributed by atoms with Crippen LogP contribution in [-0.2, 0) is 0 Å². The molecule has 18 heavy (non-hydrogen) atoms. The van der Waals surface area contributed by atoms with E-state index in [4.69, 9.17) is 16.3 Å². The molecule has 0 spiro atoms. The van der Waals surface area contributed by atoms with Crippen LogP contribution in [0.5, 0.6) is 5.88 Å². The van der Waals surface area contributed by atoms with Crippen LogP contribution in [0.1, 0.15) is 13.8 Å². The zero-order valence-corrected chi connectivity index (χ0v) is 11.4. The zero-order valence-electron chi connectivity index (χ0n) is 10.6. The second kappa shape index (κ2) is 4.55. The largest absolute Gasteiger partial charge is 0.473 e.